The van der Waals surface area contributed by atoms with Crippen molar-refractivity contribution < 1.29 is 29.0 Å². The summed E-state index contributed by atoms with van der Waals surface area (Å²) in [6, 6.07) is 14.5. The number of aliphatic hydroxyl groups excluding tert-OH is 1. The number of hydrogen-bond acceptors (Lipinski definition) is 8. The third-order valence-corrected chi connectivity index (χ3v) is 8.75. The second-order valence-electron chi connectivity index (χ2n) is 11.1. The van der Waals surface area contributed by atoms with Crippen LogP contribution in [0.3, 0.4) is 0 Å². The van der Waals surface area contributed by atoms with Crippen molar-refractivity contribution in [2.24, 2.45) is 11.8 Å². The molecule has 6 atom stereocenters. The molecular formula is C30H29N5O6. The first-order valence-corrected chi connectivity index (χ1v) is 13.7. The van der Waals surface area contributed by atoms with Crippen molar-refractivity contribution in [2.45, 2.75) is 36.9 Å². The first-order valence-electron chi connectivity index (χ1n) is 13.7. The number of rotatable bonds is 5. The molecule has 0 saturated carbocycles. The summed E-state index contributed by atoms with van der Waals surface area (Å²) in [6.07, 6.45) is 7.03. The third kappa shape index (κ3) is 3.69. The lowest BCUT2D eigenvalue weighted by atomic mass is 9.75. The molecule has 5 heterocycles. The average molecular weight is 556 g/mol. The van der Waals surface area contributed by atoms with Crippen molar-refractivity contribution in [3.63, 3.8) is 0 Å². The van der Waals surface area contributed by atoms with Crippen molar-refractivity contribution in [1.29, 1.82) is 0 Å². The topological polar surface area (TPSA) is 127 Å². The van der Waals surface area contributed by atoms with Crippen molar-refractivity contribution in [2.75, 3.05) is 19.8 Å². The van der Waals surface area contributed by atoms with E-state index in [4.69, 9.17) is 9.47 Å². The van der Waals surface area contributed by atoms with Crippen LogP contribution in [0.25, 0.3) is 11.0 Å². The quantitative estimate of drug-likeness (QED) is 0.372. The molecule has 11 nitrogen and oxygen atoms in total. The van der Waals surface area contributed by atoms with E-state index in [1.807, 2.05) is 42.5 Å². The number of fused-ring (bicyclic) bond motifs is 3. The van der Waals surface area contributed by atoms with Gasteiger partial charge in [0.2, 0.25) is 5.91 Å². The summed E-state index contributed by atoms with van der Waals surface area (Å²) in [4.78, 5) is 45.5. The number of ether oxygens (including phenoxy) is 2. The summed E-state index contributed by atoms with van der Waals surface area (Å²) in [5.74, 6) is -3.37. The largest absolute Gasteiger partial charge is 0.461 e. The van der Waals surface area contributed by atoms with Crippen LogP contribution in [0.5, 0.6) is 0 Å². The van der Waals surface area contributed by atoms with Gasteiger partial charge in [0.25, 0.3) is 5.91 Å². The van der Waals surface area contributed by atoms with Gasteiger partial charge in [-0.2, -0.15) is 0 Å². The number of benzene rings is 2. The van der Waals surface area contributed by atoms with Gasteiger partial charge in [-0.3, -0.25) is 14.4 Å². The van der Waals surface area contributed by atoms with E-state index in [0.717, 1.165) is 5.52 Å². The van der Waals surface area contributed by atoms with E-state index >= 15 is 0 Å². The van der Waals surface area contributed by atoms with Crippen LogP contribution >= 0.6 is 0 Å². The van der Waals surface area contributed by atoms with Gasteiger partial charge in [0.15, 0.2) is 0 Å². The molecule has 0 aliphatic carbocycles. The van der Waals surface area contributed by atoms with E-state index in [9.17, 15) is 19.5 Å². The van der Waals surface area contributed by atoms with Gasteiger partial charge in [-0.1, -0.05) is 65.9 Å². The van der Waals surface area contributed by atoms with Crippen LogP contribution in [-0.2, 0) is 30.5 Å². The lowest BCUT2D eigenvalue weighted by molar-refractivity contribution is -0.160. The van der Waals surface area contributed by atoms with Crippen LogP contribution in [0.15, 0.2) is 78.9 Å². The summed E-state index contributed by atoms with van der Waals surface area (Å²) in [5, 5.41) is 19.1. The molecule has 2 aromatic carbocycles. The predicted molar refractivity (Wildman–Crippen MR) is 145 cm³/mol. The molecule has 1 spiro atoms. The Kier molecular flexibility index (Phi) is 5.84. The number of cyclic esters (lactones) is 1. The fourth-order valence-corrected chi connectivity index (χ4v) is 7.02. The minimum absolute atomic E-state index is 0.0764. The molecule has 210 valence electrons. The smallest absolute Gasteiger partial charge is 0.313 e. The summed E-state index contributed by atoms with van der Waals surface area (Å²) in [7, 11) is 0. The summed E-state index contributed by atoms with van der Waals surface area (Å²) in [6.45, 7) is 1.71. The van der Waals surface area contributed by atoms with E-state index in [1.165, 1.54) is 4.90 Å². The Balaban J connectivity index is 1.36. The Hall–Kier alpha value is -4.35. The highest BCUT2D eigenvalue weighted by atomic mass is 16.6. The van der Waals surface area contributed by atoms with Gasteiger partial charge in [0.05, 0.1) is 29.7 Å². The molecule has 0 radical (unpaired) electrons. The number of hydrogen-bond donors (Lipinski definition) is 1. The summed E-state index contributed by atoms with van der Waals surface area (Å²) >= 11 is 0. The zero-order chi connectivity index (χ0) is 28.4. The monoisotopic (exact) mass is 555 g/mol. The number of nitrogens with zero attached hydrogens (tertiary/aromatic N) is 5. The Bertz CT molecular complexity index is 1600. The SMILES string of the molecule is C[C@@]12C=CCOC(=O)[C@@H]1[C@H]1C(=O)N([C@H](CO)c3ccccc3)C3C(=O)N(Cn4nnc5ccccc54)CC=C[C@@]31O2. The molecule has 7 rings (SSSR count). The number of esters is 1. The molecule has 11 heteroatoms. The minimum atomic E-state index is -1.46. The normalized spacial score (nSPS) is 31.5. The molecule has 2 fully saturated rings. The van der Waals surface area contributed by atoms with E-state index in [1.54, 1.807) is 52.9 Å². The van der Waals surface area contributed by atoms with Crippen LogP contribution in [0, 0.1) is 11.8 Å². The second kappa shape index (κ2) is 9.35. The van der Waals surface area contributed by atoms with Crippen LogP contribution < -0.4 is 0 Å². The van der Waals surface area contributed by atoms with Gasteiger partial charge in [-0.05, 0) is 30.7 Å². The molecule has 0 bridgehead atoms. The number of aliphatic hydroxyl groups is 1. The Morgan fingerprint density at radius 1 is 1.00 bits per heavy atom. The molecule has 1 aromatic heterocycles. The highest BCUT2D eigenvalue weighted by molar-refractivity contribution is 5.99. The molecular weight excluding hydrogens is 526 g/mol. The first-order chi connectivity index (χ1) is 19.9. The third-order valence-electron chi connectivity index (χ3n) is 8.75. The molecule has 2 saturated heterocycles. The van der Waals surface area contributed by atoms with Gasteiger partial charge in [-0.25, -0.2) is 4.68 Å². The molecule has 1 unspecified atom stereocenters. The number of carbonyl (C=O) groups excluding carboxylic acids is 3. The number of para-hydroxylation sites is 1. The maximum absolute atomic E-state index is 14.6. The summed E-state index contributed by atoms with van der Waals surface area (Å²) in [5.41, 5.74) is -0.504. The van der Waals surface area contributed by atoms with E-state index in [0.29, 0.717) is 11.1 Å². The van der Waals surface area contributed by atoms with Crippen molar-refractivity contribution in [1.82, 2.24) is 24.8 Å². The zero-order valence-electron chi connectivity index (χ0n) is 22.4. The first kappa shape index (κ1) is 25.6. The van der Waals surface area contributed by atoms with E-state index in [-0.39, 0.29) is 25.7 Å². The van der Waals surface area contributed by atoms with E-state index < -0.39 is 53.6 Å². The standard InChI is InChI=1S/C30H29N5O6/c1-29-13-8-16-40-28(39)24(29)23-26(37)35(22(17-36)19-9-3-2-4-10-19)25-27(38)33(15-7-14-30(23,25)41-29)18-34-21-12-6-5-11-20(21)31-32-34/h2-14,22-25,36H,15-18H2,1H3/t22-,23+,24+,25?,29-,30+/m1/s1. The van der Waals surface area contributed by atoms with Gasteiger partial charge >= 0.3 is 5.97 Å². The molecule has 4 aliphatic heterocycles. The fourth-order valence-electron chi connectivity index (χ4n) is 7.02. The maximum atomic E-state index is 14.6. The van der Waals surface area contributed by atoms with Gasteiger partial charge in [0.1, 0.15) is 36.4 Å². The van der Waals surface area contributed by atoms with Crippen molar-refractivity contribution >= 4 is 28.8 Å². The number of likely N-dealkylation sites (tertiary alicyclic amines) is 1. The number of aromatic nitrogens is 3. The van der Waals surface area contributed by atoms with Gasteiger partial charge in [-0.15, -0.1) is 5.10 Å². The van der Waals surface area contributed by atoms with Crippen LogP contribution in [-0.4, -0.2) is 84.7 Å². The van der Waals surface area contributed by atoms with Crippen LogP contribution in [0.2, 0.25) is 0 Å². The lowest BCUT2D eigenvalue weighted by Crippen LogP contribution is -2.57. The second-order valence-corrected chi connectivity index (χ2v) is 11.1. The molecule has 4 aliphatic rings. The summed E-state index contributed by atoms with van der Waals surface area (Å²) < 4.78 is 13.8. The van der Waals surface area contributed by atoms with Gasteiger partial charge in [0, 0.05) is 6.54 Å². The fraction of sp³-hybridized carbons (Fsp3) is 0.367. The molecule has 41 heavy (non-hydrogen) atoms. The Morgan fingerprint density at radius 2 is 1.78 bits per heavy atom. The average Bonchev–Trinajstić information content (AvgIpc) is 3.50. The van der Waals surface area contributed by atoms with Gasteiger partial charge < -0.3 is 24.4 Å². The molecule has 2 amide bonds. The zero-order valence-corrected chi connectivity index (χ0v) is 22.4. The number of amides is 2. The molecule has 3 aromatic rings. The van der Waals surface area contributed by atoms with Crippen LogP contribution in [0.1, 0.15) is 18.5 Å². The van der Waals surface area contributed by atoms with Crippen LogP contribution in [0.4, 0.5) is 0 Å². The maximum Gasteiger partial charge on any atom is 0.313 e. The van der Waals surface area contributed by atoms with Crippen molar-refractivity contribution in [3.05, 3.63) is 84.5 Å². The predicted octanol–water partition coefficient (Wildman–Crippen LogP) is 1.60. The minimum Gasteiger partial charge on any atom is -0.461 e. The Morgan fingerprint density at radius 3 is 2.59 bits per heavy atom. The highest BCUT2D eigenvalue weighted by Gasteiger charge is 2.75. The van der Waals surface area contributed by atoms with E-state index in [2.05, 4.69) is 10.3 Å². The molecule has 1 N–H and O–H groups in total. The number of carbonyl (C=O) groups is 3. The van der Waals surface area contributed by atoms with Crippen molar-refractivity contribution in [3.8, 4) is 0 Å². The lowest BCUT2D eigenvalue weighted by Gasteiger charge is -2.40. The Labute approximate surface area is 235 Å². The highest BCUT2D eigenvalue weighted by Crippen LogP contribution is 2.58.